The third kappa shape index (κ3) is 3.44. The summed E-state index contributed by atoms with van der Waals surface area (Å²) >= 11 is 0. The lowest BCUT2D eigenvalue weighted by molar-refractivity contribution is -0.117. The number of hydrogen-bond donors (Lipinski definition) is 3. The van der Waals surface area contributed by atoms with E-state index in [0.29, 0.717) is 13.0 Å². The highest BCUT2D eigenvalue weighted by molar-refractivity contribution is 5.95. The number of amides is 1. The molecule has 1 amide bonds. The molecular weight excluding hydrogens is 352 g/mol. The van der Waals surface area contributed by atoms with Gasteiger partial charge in [0.15, 0.2) is 0 Å². The van der Waals surface area contributed by atoms with E-state index in [2.05, 4.69) is 20.2 Å². The minimum Gasteiger partial charge on any atom is -0.392 e. The lowest BCUT2D eigenvalue weighted by Crippen LogP contribution is -2.35. The summed E-state index contributed by atoms with van der Waals surface area (Å²) in [5.74, 6) is 0.770. The molecule has 0 bridgehead atoms. The third-order valence-corrected chi connectivity index (χ3v) is 4.62. The molecule has 0 saturated carbocycles. The zero-order chi connectivity index (χ0) is 17.4. The topological polar surface area (TPSA) is 79.2 Å². The number of nitrogens with one attached hydrogen (secondary N) is 2. The Morgan fingerprint density at radius 3 is 2.62 bits per heavy atom. The van der Waals surface area contributed by atoms with Crippen LogP contribution in [0.5, 0.6) is 0 Å². The smallest absolute Gasteiger partial charge is 0.241 e. The molecule has 2 heterocycles. The van der Waals surface area contributed by atoms with Crippen LogP contribution in [-0.4, -0.2) is 39.3 Å². The van der Waals surface area contributed by atoms with Crippen LogP contribution in [0.4, 0.5) is 5.69 Å². The van der Waals surface area contributed by atoms with Crippen LogP contribution in [0.3, 0.4) is 0 Å². The van der Waals surface area contributed by atoms with E-state index in [4.69, 9.17) is 0 Å². The van der Waals surface area contributed by atoms with Crippen LogP contribution in [0.1, 0.15) is 6.42 Å². The Morgan fingerprint density at radius 2 is 1.96 bits per heavy atom. The number of aliphatic hydroxyl groups excluding tert-OH is 1. The number of carbonyl (C=O) groups is 1. The van der Waals surface area contributed by atoms with Gasteiger partial charge < -0.3 is 20.3 Å². The number of β-amino-alcohol motifs (C(OH)–C–C–N with tert-alkyl or cyclic N) is 1. The van der Waals surface area contributed by atoms with Gasteiger partial charge in [0, 0.05) is 24.8 Å². The molecule has 2 atom stereocenters. The molecular formula is C19H21ClN4O2. The molecule has 3 aromatic rings. The largest absolute Gasteiger partial charge is 0.392 e. The van der Waals surface area contributed by atoms with E-state index in [1.165, 1.54) is 0 Å². The number of aromatic nitrogens is 2. The van der Waals surface area contributed by atoms with E-state index in [1.54, 1.807) is 0 Å². The van der Waals surface area contributed by atoms with Crippen LogP contribution in [0.2, 0.25) is 0 Å². The zero-order valence-electron chi connectivity index (χ0n) is 14.3. The van der Waals surface area contributed by atoms with Gasteiger partial charge in [-0.1, -0.05) is 12.1 Å². The Labute approximate surface area is 157 Å². The number of rotatable bonds is 3. The third-order valence-electron chi connectivity index (χ3n) is 4.62. The number of halogens is 1. The fourth-order valence-electron chi connectivity index (χ4n) is 3.25. The molecule has 0 aliphatic carbocycles. The highest BCUT2D eigenvalue weighted by Gasteiger charge is 2.27. The van der Waals surface area contributed by atoms with Crippen molar-refractivity contribution in [1.82, 2.24) is 14.9 Å². The summed E-state index contributed by atoms with van der Waals surface area (Å²) in [6, 6.07) is 15.3. The fourth-order valence-corrected chi connectivity index (χ4v) is 3.25. The highest BCUT2D eigenvalue weighted by Crippen LogP contribution is 2.24. The van der Waals surface area contributed by atoms with Crippen LogP contribution in [0.15, 0.2) is 48.5 Å². The Kier molecular flexibility index (Phi) is 5.27. The van der Waals surface area contributed by atoms with Gasteiger partial charge in [-0.15, -0.1) is 12.4 Å². The van der Waals surface area contributed by atoms with Gasteiger partial charge in [0.05, 0.1) is 23.2 Å². The van der Waals surface area contributed by atoms with Crippen molar-refractivity contribution in [2.45, 2.75) is 18.6 Å². The van der Waals surface area contributed by atoms with Gasteiger partial charge in [0.1, 0.15) is 5.82 Å². The average Bonchev–Trinajstić information content (AvgIpc) is 3.20. The Balaban J connectivity index is 0.00000196. The van der Waals surface area contributed by atoms with Gasteiger partial charge in [-0.25, -0.2) is 4.98 Å². The molecule has 4 rings (SSSR count). The van der Waals surface area contributed by atoms with Gasteiger partial charge in [-0.2, -0.15) is 0 Å². The number of nitrogens with zero attached hydrogens (tertiary/aromatic N) is 2. The van der Waals surface area contributed by atoms with Crippen LogP contribution < -0.4 is 10.6 Å². The van der Waals surface area contributed by atoms with Crippen molar-refractivity contribution in [3.63, 3.8) is 0 Å². The molecule has 3 N–H and O–H groups in total. The number of benzene rings is 2. The minimum atomic E-state index is -0.448. The molecule has 1 fully saturated rings. The maximum absolute atomic E-state index is 12.2. The van der Waals surface area contributed by atoms with E-state index in [9.17, 15) is 9.90 Å². The molecule has 0 spiro atoms. The first-order chi connectivity index (χ1) is 12.1. The van der Waals surface area contributed by atoms with E-state index in [1.807, 2.05) is 55.6 Å². The van der Waals surface area contributed by atoms with E-state index >= 15 is 0 Å². The molecule has 1 aromatic heterocycles. The highest BCUT2D eigenvalue weighted by atomic mass is 35.5. The summed E-state index contributed by atoms with van der Waals surface area (Å²) in [6.45, 7) is 0.462. The number of aryl methyl sites for hydroxylation is 1. The van der Waals surface area contributed by atoms with Crippen molar-refractivity contribution in [1.29, 1.82) is 0 Å². The van der Waals surface area contributed by atoms with Crippen LogP contribution in [0.25, 0.3) is 22.4 Å². The first-order valence-electron chi connectivity index (χ1n) is 8.36. The summed E-state index contributed by atoms with van der Waals surface area (Å²) in [4.78, 5) is 16.9. The average molecular weight is 373 g/mol. The lowest BCUT2D eigenvalue weighted by atomic mass is 10.1. The number of imidazole rings is 1. The standard InChI is InChI=1S/C19H20N4O2.ClH/c1-23-17-5-3-2-4-15(17)22-18(23)12-6-8-13(9-7-12)21-19(25)16-10-14(24)11-20-16;/h2-9,14,16,20,24H,10-11H2,1H3,(H,21,25);1H. The van der Waals surface area contributed by atoms with Gasteiger partial charge >= 0.3 is 0 Å². The van der Waals surface area contributed by atoms with Gasteiger partial charge in [-0.05, 0) is 42.8 Å². The molecule has 1 aliphatic rings. The van der Waals surface area contributed by atoms with Crippen LogP contribution >= 0.6 is 12.4 Å². The molecule has 1 saturated heterocycles. The first kappa shape index (κ1) is 18.4. The molecule has 2 unspecified atom stereocenters. The molecule has 136 valence electrons. The van der Waals surface area contributed by atoms with Crippen molar-refractivity contribution in [3.8, 4) is 11.4 Å². The second-order valence-electron chi connectivity index (χ2n) is 6.40. The Morgan fingerprint density at radius 1 is 1.23 bits per heavy atom. The zero-order valence-corrected chi connectivity index (χ0v) is 15.2. The van der Waals surface area contributed by atoms with Crippen molar-refractivity contribution in [2.24, 2.45) is 7.05 Å². The number of para-hydroxylation sites is 2. The van der Waals surface area contributed by atoms with Crippen LogP contribution in [0, 0.1) is 0 Å². The lowest BCUT2D eigenvalue weighted by Gasteiger charge is -2.11. The van der Waals surface area contributed by atoms with Crippen molar-refractivity contribution < 1.29 is 9.90 Å². The van der Waals surface area contributed by atoms with E-state index in [-0.39, 0.29) is 24.4 Å². The number of fused-ring (bicyclic) bond motifs is 1. The summed E-state index contributed by atoms with van der Waals surface area (Å²) in [5, 5.41) is 15.4. The van der Waals surface area contributed by atoms with Gasteiger partial charge in [0.2, 0.25) is 5.91 Å². The fraction of sp³-hybridized carbons (Fsp3) is 0.263. The number of anilines is 1. The number of aliphatic hydroxyl groups is 1. The molecule has 6 nitrogen and oxygen atoms in total. The normalized spacial score (nSPS) is 19.3. The molecule has 1 aliphatic heterocycles. The Bertz CT molecular complexity index is 923. The molecule has 0 radical (unpaired) electrons. The van der Waals surface area contributed by atoms with Gasteiger partial charge in [-0.3, -0.25) is 4.79 Å². The maximum atomic E-state index is 12.2. The first-order valence-corrected chi connectivity index (χ1v) is 8.36. The number of carbonyl (C=O) groups excluding carboxylic acids is 1. The molecule has 2 aromatic carbocycles. The second-order valence-corrected chi connectivity index (χ2v) is 6.40. The monoisotopic (exact) mass is 372 g/mol. The predicted octanol–water partition coefficient (Wildman–Crippen LogP) is 2.32. The quantitative estimate of drug-likeness (QED) is 0.659. The van der Waals surface area contributed by atoms with Crippen LogP contribution in [-0.2, 0) is 11.8 Å². The van der Waals surface area contributed by atoms with Crippen molar-refractivity contribution in [3.05, 3.63) is 48.5 Å². The summed E-state index contributed by atoms with van der Waals surface area (Å²) < 4.78 is 2.06. The summed E-state index contributed by atoms with van der Waals surface area (Å²) in [6.07, 6.45) is -0.000260. The molecule has 26 heavy (non-hydrogen) atoms. The predicted molar refractivity (Wildman–Crippen MR) is 104 cm³/mol. The number of hydrogen-bond acceptors (Lipinski definition) is 4. The van der Waals surface area contributed by atoms with E-state index in [0.717, 1.165) is 28.1 Å². The Hall–Kier alpha value is -2.41. The summed E-state index contributed by atoms with van der Waals surface area (Å²) in [5.41, 5.74) is 3.77. The van der Waals surface area contributed by atoms with Crippen molar-refractivity contribution >= 4 is 35.0 Å². The van der Waals surface area contributed by atoms with Gasteiger partial charge in [0.25, 0.3) is 0 Å². The minimum absolute atomic E-state index is 0. The summed E-state index contributed by atoms with van der Waals surface area (Å²) in [7, 11) is 2.00. The maximum Gasteiger partial charge on any atom is 0.241 e. The SMILES string of the molecule is Cl.Cn1c(-c2ccc(NC(=O)C3CC(O)CN3)cc2)nc2ccccc21. The van der Waals surface area contributed by atoms with Crippen molar-refractivity contribution in [2.75, 3.05) is 11.9 Å². The second kappa shape index (κ2) is 7.45. The molecule has 7 heteroatoms. The van der Waals surface area contributed by atoms with E-state index < -0.39 is 6.10 Å².